The quantitative estimate of drug-likeness (QED) is 0.194. The number of aromatic nitrogens is 1. The van der Waals surface area contributed by atoms with Gasteiger partial charge in [0.25, 0.3) is 5.91 Å². The maximum atomic E-state index is 13.5. The zero-order chi connectivity index (χ0) is 25.3. The first kappa shape index (κ1) is 27.4. The third kappa shape index (κ3) is 7.89. The number of rotatable bonds is 13. The molecule has 10 heteroatoms. The molecular formula is C24H34N4O5S. The molecule has 186 valence electrons. The third-order valence-corrected chi connectivity index (χ3v) is 6.34. The second kappa shape index (κ2) is 13.2. The number of hydrogen-bond acceptors (Lipinski definition) is 7. The van der Waals surface area contributed by atoms with Gasteiger partial charge in [-0.3, -0.25) is 19.6 Å². The SMILES string of the molecule is CC(Cc1ccccc1)C[C@@H](C(=O)N[C@H](C(=O)Nc1nccs1)[C@@H](C)O)[C@H](C(C)C)N(O)C=O. The van der Waals surface area contributed by atoms with Crippen LogP contribution in [0.3, 0.4) is 0 Å². The van der Waals surface area contributed by atoms with Crippen molar-refractivity contribution >= 4 is 34.7 Å². The van der Waals surface area contributed by atoms with E-state index in [1.54, 1.807) is 19.2 Å². The number of nitrogens with one attached hydrogen (secondary N) is 2. The lowest BCUT2D eigenvalue weighted by molar-refractivity contribution is -0.174. The Morgan fingerprint density at radius 2 is 1.82 bits per heavy atom. The fraction of sp³-hybridized carbons (Fsp3) is 0.500. The zero-order valence-corrected chi connectivity index (χ0v) is 20.7. The first-order chi connectivity index (χ1) is 16.1. The average molecular weight is 491 g/mol. The van der Waals surface area contributed by atoms with Crippen LogP contribution in [-0.2, 0) is 20.8 Å². The summed E-state index contributed by atoms with van der Waals surface area (Å²) < 4.78 is 0. The van der Waals surface area contributed by atoms with Crippen molar-refractivity contribution in [2.75, 3.05) is 5.32 Å². The van der Waals surface area contributed by atoms with Gasteiger partial charge in [-0.1, -0.05) is 51.1 Å². The molecule has 0 radical (unpaired) electrons. The molecule has 1 aromatic heterocycles. The minimum absolute atomic E-state index is 0.0357. The van der Waals surface area contributed by atoms with E-state index in [0.717, 1.165) is 5.56 Å². The fourth-order valence-corrected chi connectivity index (χ4v) is 4.63. The largest absolute Gasteiger partial charge is 0.391 e. The summed E-state index contributed by atoms with van der Waals surface area (Å²) in [5.41, 5.74) is 1.11. The van der Waals surface area contributed by atoms with Crippen molar-refractivity contribution in [2.24, 2.45) is 17.8 Å². The first-order valence-electron chi connectivity index (χ1n) is 11.3. The molecule has 9 nitrogen and oxygen atoms in total. The number of benzene rings is 1. The Morgan fingerprint density at radius 3 is 2.35 bits per heavy atom. The summed E-state index contributed by atoms with van der Waals surface area (Å²) in [5.74, 6) is -2.16. The summed E-state index contributed by atoms with van der Waals surface area (Å²) in [7, 11) is 0. The van der Waals surface area contributed by atoms with Crippen LogP contribution >= 0.6 is 11.3 Å². The van der Waals surface area contributed by atoms with E-state index >= 15 is 0 Å². The summed E-state index contributed by atoms with van der Waals surface area (Å²) in [6.45, 7) is 7.01. The van der Waals surface area contributed by atoms with Crippen molar-refractivity contribution in [3.8, 4) is 0 Å². The molecule has 0 aliphatic rings. The Balaban J connectivity index is 2.24. The molecule has 1 unspecified atom stereocenters. The Bertz CT molecular complexity index is 907. The highest BCUT2D eigenvalue weighted by Gasteiger charge is 2.38. The summed E-state index contributed by atoms with van der Waals surface area (Å²) >= 11 is 1.21. The summed E-state index contributed by atoms with van der Waals surface area (Å²) in [6.07, 6.45) is 1.69. The number of anilines is 1. The number of thiazole rings is 1. The normalized spacial score (nSPS) is 15.6. The van der Waals surface area contributed by atoms with Crippen molar-refractivity contribution in [1.29, 1.82) is 0 Å². The van der Waals surface area contributed by atoms with E-state index in [9.17, 15) is 24.7 Å². The molecule has 0 saturated heterocycles. The lowest BCUT2D eigenvalue weighted by Crippen LogP contribution is -2.55. The van der Waals surface area contributed by atoms with Gasteiger partial charge in [-0.2, -0.15) is 0 Å². The van der Waals surface area contributed by atoms with E-state index in [-0.39, 0.29) is 18.2 Å². The van der Waals surface area contributed by atoms with Crippen LogP contribution in [0.2, 0.25) is 0 Å². The van der Waals surface area contributed by atoms with Gasteiger partial charge in [0.2, 0.25) is 12.3 Å². The van der Waals surface area contributed by atoms with Crippen LogP contribution in [0.4, 0.5) is 5.13 Å². The van der Waals surface area contributed by atoms with Crippen LogP contribution in [0, 0.1) is 17.8 Å². The van der Waals surface area contributed by atoms with Gasteiger partial charge >= 0.3 is 0 Å². The Morgan fingerprint density at radius 1 is 1.15 bits per heavy atom. The molecule has 34 heavy (non-hydrogen) atoms. The predicted molar refractivity (Wildman–Crippen MR) is 130 cm³/mol. The van der Waals surface area contributed by atoms with Crippen LogP contribution in [0.15, 0.2) is 41.9 Å². The molecule has 1 heterocycles. The number of carbonyl (C=O) groups is 3. The van der Waals surface area contributed by atoms with Crippen LogP contribution in [0.25, 0.3) is 0 Å². The second-order valence-electron chi connectivity index (χ2n) is 8.91. The third-order valence-electron chi connectivity index (χ3n) is 5.65. The van der Waals surface area contributed by atoms with Crippen molar-refractivity contribution in [2.45, 2.75) is 58.7 Å². The van der Waals surface area contributed by atoms with Crippen LogP contribution < -0.4 is 10.6 Å². The monoisotopic (exact) mass is 490 g/mol. The van der Waals surface area contributed by atoms with E-state index < -0.39 is 35.9 Å². The second-order valence-corrected chi connectivity index (χ2v) is 9.81. The first-order valence-corrected chi connectivity index (χ1v) is 12.2. The highest BCUT2D eigenvalue weighted by atomic mass is 32.1. The van der Waals surface area contributed by atoms with Crippen LogP contribution in [0.1, 0.15) is 39.7 Å². The number of hydrogen-bond donors (Lipinski definition) is 4. The molecule has 0 bridgehead atoms. The standard InChI is InChI=1S/C24H34N4O5S/c1-15(2)21(28(33)14-29)19(13-16(3)12-18-8-6-5-7-9-18)22(31)26-20(17(4)30)23(32)27-24-25-10-11-34-24/h5-11,14-17,19-21,30,33H,12-13H2,1-4H3,(H,26,31)(H,25,27,32)/t16?,17-,19-,20+,21+/m1/s1. The minimum Gasteiger partial charge on any atom is -0.391 e. The Kier molecular flexibility index (Phi) is 10.6. The fourth-order valence-electron chi connectivity index (χ4n) is 4.09. The van der Waals surface area contributed by atoms with Gasteiger partial charge in [-0.25, -0.2) is 10.0 Å². The number of amides is 3. The van der Waals surface area contributed by atoms with E-state index in [0.29, 0.717) is 23.0 Å². The van der Waals surface area contributed by atoms with Crippen molar-refractivity contribution in [1.82, 2.24) is 15.4 Å². The number of carbonyl (C=O) groups excluding carboxylic acids is 3. The van der Waals surface area contributed by atoms with Crippen molar-refractivity contribution in [3.63, 3.8) is 0 Å². The van der Waals surface area contributed by atoms with Gasteiger partial charge in [0.05, 0.1) is 18.1 Å². The highest BCUT2D eigenvalue weighted by Crippen LogP contribution is 2.27. The minimum atomic E-state index is -1.24. The van der Waals surface area contributed by atoms with E-state index in [1.165, 1.54) is 24.5 Å². The molecule has 4 N–H and O–H groups in total. The summed E-state index contributed by atoms with van der Waals surface area (Å²) in [6, 6.07) is 7.77. The molecule has 0 fully saturated rings. The number of hydroxylamine groups is 2. The molecule has 3 amide bonds. The van der Waals surface area contributed by atoms with E-state index in [1.807, 2.05) is 37.3 Å². The molecule has 2 rings (SSSR count). The molecule has 0 saturated carbocycles. The molecular weight excluding hydrogens is 456 g/mol. The van der Waals surface area contributed by atoms with Crippen molar-refractivity contribution in [3.05, 3.63) is 47.5 Å². The van der Waals surface area contributed by atoms with Gasteiger partial charge in [-0.15, -0.1) is 11.3 Å². The van der Waals surface area contributed by atoms with Gasteiger partial charge in [0.1, 0.15) is 6.04 Å². The van der Waals surface area contributed by atoms with Gasteiger partial charge in [0, 0.05) is 11.6 Å². The molecule has 5 atom stereocenters. The van der Waals surface area contributed by atoms with Crippen LogP contribution in [0.5, 0.6) is 0 Å². The lowest BCUT2D eigenvalue weighted by Gasteiger charge is -2.35. The number of aliphatic hydroxyl groups excluding tert-OH is 1. The Labute approximate surface area is 204 Å². The average Bonchev–Trinajstić information content (AvgIpc) is 3.29. The summed E-state index contributed by atoms with van der Waals surface area (Å²) in [5, 5.41) is 28.3. The molecule has 1 aromatic carbocycles. The predicted octanol–water partition coefficient (Wildman–Crippen LogP) is 2.70. The maximum Gasteiger partial charge on any atom is 0.251 e. The number of nitrogens with zero attached hydrogens (tertiary/aromatic N) is 2. The maximum absolute atomic E-state index is 13.5. The molecule has 0 aliphatic carbocycles. The summed E-state index contributed by atoms with van der Waals surface area (Å²) in [4.78, 5) is 41.6. The Hall–Kier alpha value is -2.82. The lowest BCUT2D eigenvalue weighted by atomic mass is 9.81. The van der Waals surface area contributed by atoms with E-state index in [2.05, 4.69) is 15.6 Å². The van der Waals surface area contributed by atoms with Crippen molar-refractivity contribution < 1.29 is 24.7 Å². The van der Waals surface area contributed by atoms with E-state index in [4.69, 9.17) is 0 Å². The highest BCUT2D eigenvalue weighted by molar-refractivity contribution is 7.13. The topological polar surface area (TPSA) is 132 Å². The van der Waals surface area contributed by atoms with Crippen LogP contribution in [-0.4, -0.2) is 56.8 Å². The zero-order valence-electron chi connectivity index (χ0n) is 19.9. The van der Waals surface area contributed by atoms with Gasteiger partial charge < -0.3 is 15.7 Å². The number of aliphatic hydroxyl groups is 1. The smallest absolute Gasteiger partial charge is 0.251 e. The molecule has 2 aromatic rings. The molecule has 0 aliphatic heterocycles. The molecule has 0 spiro atoms. The van der Waals surface area contributed by atoms with Gasteiger partial charge in [0.15, 0.2) is 5.13 Å². The van der Waals surface area contributed by atoms with Gasteiger partial charge in [-0.05, 0) is 37.2 Å².